The molecule has 0 saturated carbocycles. The number of aromatic nitrogens is 4. The van der Waals surface area contributed by atoms with Crippen LogP contribution in [0.4, 0.5) is 10.9 Å². The molecule has 19 heavy (non-hydrogen) atoms. The van der Waals surface area contributed by atoms with Gasteiger partial charge in [0, 0.05) is 28.7 Å². The molecule has 102 valence electrons. The minimum Gasteiger partial charge on any atom is -0.369 e. The van der Waals surface area contributed by atoms with Gasteiger partial charge in [0.05, 0.1) is 0 Å². The van der Waals surface area contributed by atoms with Crippen LogP contribution >= 0.6 is 27.5 Å². The predicted octanol–water partition coefficient (Wildman–Crippen LogP) is 1.32. The molecule has 0 aliphatic heterocycles. The highest BCUT2D eigenvalue weighted by Gasteiger charge is 2.21. The van der Waals surface area contributed by atoms with E-state index in [0.717, 1.165) is 11.5 Å². The van der Waals surface area contributed by atoms with Gasteiger partial charge in [-0.25, -0.2) is 13.4 Å². The Kier molecular flexibility index (Phi) is 4.27. The standard InChI is InChI=1S/C8H9BrN6O2S2/c1-2-10-7-6(3-5(9)4-11-7)19(16,17)13-8-12-14-15-18-8/h3-4H,2H2,1H3,(H,10,11)(H,12,13,15). The highest BCUT2D eigenvalue weighted by molar-refractivity contribution is 9.10. The van der Waals surface area contributed by atoms with Gasteiger partial charge in [0.25, 0.3) is 10.0 Å². The summed E-state index contributed by atoms with van der Waals surface area (Å²) in [5.41, 5.74) is 0. The van der Waals surface area contributed by atoms with Gasteiger partial charge in [-0.3, -0.25) is 4.72 Å². The van der Waals surface area contributed by atoms with Gasteiger partial charge in [0.2, 0.25) is 5.13 Å². The molecule has 0 spiro atoms. The monoisotopic (exact) mass is 364 g/mol. The van der Waals surface area contributed by atoms with Gasteiger partial charge < -0.3 is 5.32 Å². The Bertz CT molecular complexity index is 660. The van der Waals surface area contributed by atoms with Crippen molar-refractivity contribution >= 4 is 48.4 Å². The first-order valence-electron chi connectivity index (χ1n) is 5.10. The number of sulfonamides is 1. The van der Waals surface area contributed by atoms with Crippen molar-refractivity contribution in [3.63, 3.8) is 0 Å². The van der Waals surface area contributed by atoms with Crippen LogP contribution < -0.4 is 10.0 Å². The number of anilines is 2. The molecule has 0 fully saturated rings. The largest absolute Gasteiger partial charge is 0.369 e. The van der Waals surface area contributed by atoms with Gasteiger partial charge in [-0.05, 0) is 34.1 Å². The van der Waals surface area contributed by atoms with Crippen molar-refractivity contribution in [1.29, 1.82) is 0 Å². The van der Waals surface area contributed by atoms with Gasteiger partial charge >= 0.3 is 0 Å². The molecule has 0 aliphatic rings. The lowest BCUT2D eigenvalue weighted by molar-refractivity contribution is 0.601. The second kappa shape index (κ2) is 5.75. The molecule has 0 amide bonds. The Hall–Kier alpha value is -1.33. The Morgan fingerprint density at radius 3 is 2.89 bits per heavy atom. The highest BCUT2D eigenvalue weighted by atomic mass is 79.9. The molecule has 0 saturated heterocycles. The maximum atomic E-state index is 12.2. The van der Waals surface area contributed by atoms with Crippen LogP contribution in [0.25, 0.3) is 0 Å². The molecule has 0 radical (unpaired) electrons. The smallest absolute Gasteiger partial charge is 0.267 e. The fourth-order valence-corrected chi connectivity index (χ4v) is 3.50. The van der Waals surface area contributed by atoms with Gasteiger partial charge in [-0.15, -0.1) is 0 Å². The van der Waals surface area contributed by atoms with E-state index in [1.54, 1.807) is 0 Å². The van der Waals surface area contributed by atoms with Crippen LogP contribution in [0, 0.1) is 0 Å². The first-order valence-corrected chi connectivity index (χ1v) is 8.15. The van der Waals surface area contributed by atoms with E-state index in [-0.39, 0.29) is 15.8 Å². The molecule has 8 nitrogen and oxygen atoms in total. The first-order chi connectivity index (χ1) is 9.03. The second-order valence-electron chi connectivity index (χ2n) is 3.30. The molecular weight excluding hydrogens is 356 g/mol. The summed E-state index contributed by atoms with van der Waals surface area (Å²) in [6.07, 6.45) is 1.52. The average Bonchev–Trinajstić information content (AvgIpc) is 2.83. The van der Waals surface area contributed by atoms with Crippen LogP contribution in [0.5, 0.6) is 0 Å². The highest BCUT2D eigenvalue weighted by Crippen LogP contribution is 2.25. The van der Waals surface area contributed by atoms with Gasteiger partial charge in [-0.2, -0.15) is 0 Å². The lowest BCUT2D eigenvalue weighted by atomic mass is 10.4. The van der Waals surface area contributed by atoms with E-state index in [0.29, 0.717) is 11.0 Å². The van der Waals surface area contributed by atoms with E-state index in [4.69, 9.17) is 0 Å². The molecule has 2 aromatic heterocycles. The summed E-state index contributed by atoms with van der Waals surface area (Å²) in [6, 6.07) is 1.46. The quantitative estimate of drug-likeness (QED) is 0.822. The SMILES string of the molecule is CCNc1ncc(Br)cc1S(=O)(=O)Nc1nnns1. The number of hydrogen-bond acceptors (Lipinski definition) is 8. The molecule has 0 atom stereocenters. The number of nitrogens with one attached hydrogen (secondary N) is 2. The molecule has 11 heteroatoms. The van der Waals surface area contributed by atoms with Crippen molar-refractivity contribution in [2.45, 2.75) is 11.8 Å². The maximum absolute atomic E-state index is 12.2. The molecule has 2 rings (SSSR count). The second-order valence-corrected chi connectivity index (χ2v) is 6.60. The maximum Gasteiger partial charge on any atom is 0.267 e. The lowest BCUT2D eigenvalue weighted by Crippen LogP contribution is -2.16. The van der Waals surface area contributed by atoms with E-state index in [9.17, 15) is 8.42 Å². The summed E-state index contributed by atoms with van der Waals surface area (Å²) in [6.45, 7) is 2.40. The van der Waals surface area contributed by atoms with Crippen LogP contribution in [-0.4, -0.2) is 34.7 Å². The zero-order chi connectivity index (χ0) is 13.9. The van der Waals surface area contributed by atoms with Crippen molar-refractivity contribution in [1.82, 2.24) is 19.8 Å². The fraction of sp³-hybridized carbons (Fsp3) is 0.250. The van der Waals surface area contributed by atoms with Crippen molar-refractivity contribution < 1.29 is 8.42 Å². The van der Waals surface area contributed by atoms with Crippen LogP contribution in [0.1, 0.15) is 6.92 Å². The third-order valence-electron chi connectivity index (χ3n) is 1.97. The molecule has 2 N–H and O–H groups in total. The van der Waals surface area contributed by atoms with Crippen molar-refractivity contribution in [3.05, 3.63) is 16.7 Å². The van der Waals surface area contributed by atoms with Crippen LogP contribution in [-0.2, 0) is 10.0 Å². The van der Waals surface area contributed by atoms with E-state index in [1.807, 2.05) is 6.92 Å². The molecule has 0 unspecified atom stereocenters. The van der Waals surface area contributed by atoms with Crippen molar-refractivity contribution in [3.8, 4) is 0 Å². The summed E-state index contributed by atoms with van der Waals surface area (Å²) >= 11 is 4.05. The Morgan fingerprint density at radius 2 is 2.26 bits per heavy atom. The number of hydrogen-bond donors (Lipinski definition) is 2. The third-order valence-corrected chi connectivity index (χ3v) is 4.40. The number of pyridine rings is 1. The van der Waals surface area contributed by atoms with E-state index < -0.39 is 10.0 Å². The summed E-state index contributed by atoms with van der Waals surface area (Å²) in [4.78, 5) is 4.06. The van der Waals surface area contributed by atoms with E-state index >= 15 is 0 Å². The van der Waals surface area contributed by atoms with Crippen molar-refractivity contribution in [2.75, 3.05) is 16.6 Å². The third kappa shape index (κ3) is 3.36. The zero-order valence-corrected chi connectivity index (χ0v) is 12.9. The van der Waals surface area contributed by atoms with E-state index in [1.165, 1.54) is 12.3 Å². The van der Waals surface area contributed by atoms with Gasteiger partial charge in [-0.1, -0.05) is 9.59 Å². The molecule has 0 aliphatic carbocycles. The van der Waals surface area contributed by atoms with Crippen LogP contribution in [0.2, 0.25) is 0 Å². The average molecular weight is 365 g/mol. The summed E-state index contributed by atoms with van der Waals surface area (Å²) in [5, 5.41) is 9.86. The van der Waals surface area contributed by atoms with Crippen molar-refractivity contribution in [2.24, 2.45) is 0 Å². The molecule has 2 heterocycles. The predicted molar refractivity (Wildman–Crippen MR) is 74.6 cm³/mol. The lowest BCUT2D eigenvalue weighted by Gasteiger charge is -2.10. The normalized spacial score (nSPS) is 11.3. The van der Waals surface area contributed by atoms with E-state index in [2.05, 4.69) is 45.8 Å². The van der Waals surface area contributed by atoms with Crippen LogP contribution in [0.3, 0.4) is 0 Å². The summed E-state index contributed by atoms with van der Waals surface area (Å²) in [5.74, 6) is 0.274. The Balaban J connectivity index is 2.41. The molecule has 2 aromatic rings. The minimum absolute atomic E-state index is 0.0268. The van der Waals surface area contributed by atoms with Gasteiger partial charge in [0.1, 0.15) is 10.7 Å². The molecule has 0 aromatic carbocycles. The molecular formula is C8H9BrN6O2S2. The first kappa shape index (κ1) is 14.1. The Morgan fingerprint density at radius 1 is 1.47 bits per heavy atom. The summed E-state index contributed by atoms with van der Waals surface area (Å²) < 4.78 is 30.8. The number of rotatable bonds is 5. The zero-order valence-electron chi connectivity index (χ0n) is 9.66. The van der Waals surface area contributed by atoms with Gasteiger partial charge in [0.15, 0.2) is 0 Å². The number of nitrogens with zero attached hydrogens (tertiary/aromatic N) is 4. The molecule has 0 bridgehead atoms. The van der Waals surface area contributed by atoms with Crippen LogP contribution in [0.15, 0.2) is 21.6 Å². The minimum atomic E-state index is -3.80. The fourth-order valence-electron chi connectivity index (χ4n) is 1.27. The summed E-state index contributed by atoms with van der Waals surface area (Å²) in [7, 11) is -3.80. The Labute approximate surface area is 122 Å². The topological polar surface area (TPSA) is 110 Å². The number of halogens is 1.